The maximum absolute atomic E-state index is 13.5. The Labute approximate surface area is 177 Å². The number of pyridine rings is 2. The molecule has 1 fully saturated rings. The van der Waals surface area contributed by atoms with Crippen LogP contribution in [0.2, 0.25) is 0 Å². The number of rotatable bonds is 8. The lowest BCUT2D eigenvalue weighted by atomic mass is 10.1. The first-order chi connectivity index (χ1) is 14.3. The molecule has 0 spiro atoms. The summed E-state index contributed by atoms with van der Waals surface area (Å²) in [7, 11) is 0. The summed E-state index contributed by atoms with van der Waals surface area (Å²) in [6, 6.07) is 7.26. The van der Waals surface area contributed by atoms with Crippen molar-refractivity contribution in [2.75, 3.05) is 6.54 Å². The van der Waals surface area contributed by atoms with Gasteiger partial charge in [-0.2, -0.15) is 0 Å². The molecule has 2 amide bonds. The van der Waals surface area contributed by atoms with Crippen LogP contribution in [-0.4, -0.2) is 38.9 Å². The average Bonchev–Trinajstić information content (AvgIpc) is 3.12. The van der Waals surface area contributed by atoms with Gasteiger partial charge in [0.2, 0.25) is 5.91 Å². The molecule has 1 saturated heterocycles. The molecule has 0 saturated carbocycles. The predicted molar refractivity (Wildman–Crippen MR) is 115 cm³/mol. The van der Waals surface area contributed by atoms with Crippen LogP contribution in [0, 0.1) is 12.8 Å². The number of carbonyl (C=O) groups is 2. The molecule has 7 heteroatoms. The van der Waals surface area contributed by atoms with Crippen LogP contribution in [0.25, 0.3) is 0 Å². The van der Waals surface area contributed by atoms with E-state index in [0.717, 1.165) is 12.1 Å². The molecule has 1 atom stereocenters. The van der Waals surface area contributed by atoms with Gasteiger partial charge in [-0.05, 0) is 49.4 Å². The van der Waals surface area contributed by atoms with Gasteiger partial charge in [0.25, 0.3) is 11.5 Å². The zero-order valence-electron chi connectivity index (χ0n) is 17.9. The van der Waals surface area contributed by atoms with E-state index in [1.54, 1.807) is 28.8 Å². The average molecular weight is 411 g/mol. The number of nitrogens with one attached hydrogen (secondary N) is 1. The third-order valence-corrected chi connectivity index (χ3v) is 5.43. The number of hydrogen-bond donors (Lipinski definition) is 1. The molecule has 7 nitrogen and oxygen atoms in total. The molecule has 1 N–H and O–H groups in total. The Morgan fingerprint density at radius 3 is 2.73 bits per heavy atom. The quantitative estimate of drug-likeness (QED) is 0.725. The maximum Gasteiger partial charge on any atom is 0.263 e. The van der Waals surface area contributed by atoms with Gasteiger partial charge in [0.1, 0.15) is 5.56 Å². The van der Waals surface area contributed by atoms with Gasteiger partial charge in [-0.25, -0.2) is 0 Å². The van der Waals surface area contributed by atoms with Gasteiger partial charge in [0.15, 0.2) is 0 Å². The maximum atomic E-state index is 13.5. The molecular formula is C23H30N4O3. The molecule has 160 valence electrons. The lowest BCUT2D eigenvalue weighted by Crippen LogP contribution is -2.44. The molecule has 30 heavy (non-hydrogen) atoms. The second-order valence-electron chi connectivity index (χ2n) is 8.36. The molecule has 1 aliphatic heterocycles. The zero-order valence-corrected chi connectivity index (χ0v) is 17.9. The van der Waals surface area contributed by atoms with Crippen LogP contribution in [0.15, 0.2) is 41.5 Å². The van der Waals surface area contributed by atoms with E-state index >= 15 is 0 Å². The van der Waals surface area contributed by atoms with E-state index in [9.17, 15) is 14.4 Å². The van der Waals surface area contributed by atoms with Crippen molar-refractivity contribution >= 4 is 11.8 Å². The highest BCUT2D eigenvalue weighted by Gasteiger charge is 2.28. The van der Waals surface area contributed by atoms with Gasteiger partial charge in [-0.3, -0.25) is 19.4 Å². The van der Waals surface area contributed by atoms with E-state index in [4.69, 9.17) is 0 Å². The zero-order chi connectivity index (χ0) is 21.7. The van der Waals surface area contributed by atoms with Gasteiger partial charge in [-0.1, -0.05) is 19.9 Å². The highest BCUT2D eigenvalue weighted by molar-refractivity contribution is 5.95. The van der Waals surface area contributed by atoms with Crippen molar-refractivity contribution in [1.82, 2.24) is 19.8 Å². The Kier molecular flexibility index (Phi) is 7.03. The standard InChI is InChI=1S/C23H30N4O3/c1-16(2)9-12-26-13-10-17(3)21(22(26)29)23(30)27(14-18-6-4-5-11-24-18)15-19-7-8-20(28)25-19/h4-6,10-11,13,16,19H,7-9,12,14-15H2,1-3H3,(H,25,28)/t19-/m0/s1. The number of nitrogens with zero attached hydrogens (tertiary/aromatic N) is 3. The van der Waals surface area contributed by atoms with Crippen LogP contribution < -0.4 is 10.9 Å². The minimum absolute atomic E-state index is 0.00262. The number of aromatic nitrogens is 2. The van der Waals surface area contributed by atoms with E-state index in [1.807, 2.05) is 24.3 Å². The lowest BCUT2D eigenvalue weighted by Gasteiger charge is -2.26. The molecule has 0 unspecified atom stereocenters. The largest absolute Gasteiger partial charge is 0.352 e. The van der Waals surface area contributed by atoms with Gasteiger partial charge in [0.05, 0.1) is 12.2 Å². The first-order valence-electron chi connectivity index (χ1n) is 10.5. The second-order valence-corrected chi connectivity index (χ2v) is 8.36. The summed E-state index contributed by atoms with van der Waals surface area (Å²) in [5.74, 6) is 0.143. The summed E-state index contributed by atoms with van der Waals surface area (Å²) in [6.07, 6.45) is 5.45. The van der Waals surface area contributed by atoms with Crippen LogP contribution >= 0.6 is 0 Å². The van der Waals surface area contributed by atoms with Crippen LogP contribution in [0.4, 0.5) is 0 Å². The first-order valence-corrected chi connectivity index (χ1v) is 10.5. The summed E-state index contributed by atoms with van der Waals surface area (Å²) in [5.41, 5.74) is 1.33. The fraction of sp³-hybridized carbons (Fsp3) is 0.478. The summed E-state index contributed by atoms with van der Waals surface area (Å²) in [4.78, 5) is 44.2. The van der Waals surface area contributed by atoms with Gasteiger partial charge in [-0.15, -0.1) is 0 Å². The van der Waals surface area contributed by atoms with Crippen molar-refractivity contribution in [1.29, 1.82) is 0 Å². The van der Waals surface area contributed by atoms with Gasteiger partial charge < -0.3 is 14.8 Å². The summed E-state index contributed by atoms with van der Waals surface area (Å²) in [6.45, 7) is 7.21. The summed E-state index contributed by atoms with van der Waals surface area (Å²) in [5, 5.41) is 2.91. The minimum Gasteiger partial charge on any atom is -0.352 e. The normalized spacial score (nSPS) is 16.0. The highest BCUT2D eigenvalue weighted by Crippen LogP contribution is 2.15. The number of carbonyl (C=O) groups excluding carboxylic acids is 2. The van der Waals surface area contributed by atoms with Gasteiger partial charge >= 0.3 is 0 Å². The fourth-order valence-electron chi connectivity index (χ4n) is 3.64. The van der Waals surface area contributed by atoms with E-state index in [-0.39, 0.29) is 35.5 Å². The molecule has 0 aliphatic carbocycles. The Morgan fingerprint density at radius 2 is 2.10 bits per heavy atom. The molecule has 2 aromatic rings. The smallest absolute Gasteiger partial charge is 0.263 e. The molecule has 1 aliphatic rings. The molecule has 3 rings (SSSR count). The molecule has 0 aromatic carbocycles. The van der Waals surface area contributed by atoms with Crippen molar-refractivity contribution in [3.05, 3.63) is 63.8 Å². The number of amides is 2. The van der Waals surface area contributed by atoms with Crippen molar-refractivity contribution in [2.45, 2.75) is 59.2 Å². The van der Waals surface area contributed by atoms with E-state index in [1.165, 1.54) is 0 Å². The van der Waals surface area contributed by atoms with Crippen molar-refractivity contribution < 1.29 is 9.59 Å². The Hall–Kier alpha value is -2.96. The van der Waals surface area contributed by atoms with E-state index in [0.29, 0.717) is 37.4 Å². The third kappa shape index (κ3) is 5.34. The molecule has 3 heterocycles. The SMILES string of the molecule is Cc1ccn(CCC(C)C)c(=O)c1C(=O)N(Cc1ccccn1)C[C@@H]1CCC(=O)N1. The van der Waals surface area contributed by atoms with Crippen LogP contribution in [-0.2, 0) is 17.9 Å². The molecule has 0 bridgehead atoms. The van der Waals surface area contributed by atoms with Crippen molar-refractivity contribution in [3.8, 4) is 0 Å². The molecular weight excluding hydrogens is 380 g/mol. The number of aryl methyl sites for hydroxylation is 2. The topological polar surface area (TPSA) is 84.3 Å². The first kappa shape index (κ1) is 21.7. The third-order valence-electron chi connectivity index (χ3n) is 5.43. The summed E-state index contributed by atoms with van der Waals surface area (Å²) < 4.78 is 1.62. The molecule has 0 radical (unpaired) electrons. The van der Waals surface area contributed by atoms with Crippen LogP contribution in [0.5, 0.6) is 0 Å². The predicted octanol–water partition coefficient (Wildman–Crippen LogP) is 2.52. The van der Waals surface area contributed by atoms with Crippen LogP contribution in [0.3, 0.4) is 0 Å². The Morgan fingerprint density at radius 1 is 1.30 bits per heavy atom. The van der Waals surface area contributed by atoms with Gasteiger partial charge in [0, 0.05) is 37.9 Å². The Bertz CT molecular complexity index is 953. The lowest BCUT2D eigenvalue weighted by molar-refractivity contribution is -0.119. The van der Waals surface area contributed by atoms with E-state index in [2.05, 4.69) is 24.1 Å². The van der Waals surface area contributed by atoms with E-state index < -0.39 is 0 Å². The van der Waals surface area contributed by atoms with Crippen molar-refractivity contribution in [2.24, 2.45) is 5.92 Å². The van der Waals surface area contributed by atoms with Crippen molar-refractivity contribution in [3.63, 3.8) is 0 Å². The minimum atomic E-state index is -0.316. The second kappa shape index (κ2) is 9.69. The highest BCUT2D eigenvalue weighted by atomic mass is 16.2. The molecule has 2 aromatic heterocycles. The summed E-state index contributed by atoms with van der Waals surface area (Å²) >= 11 is 0. The Balaban J connectivity index is 1.90. The number of hydrogen-bond acceptors (Lipinski definition) is 4. The fourth-order valence-corrected chi connectivity index (χ4v) is 3.64. The van der Waals surface area contributed by atoms with Crippen LogP contribution in [0.1, 0.15) is 54.7 Å². The monoisotopic (exact) mass is 410 g/mol.